The monoisotopic (exact) mass is 367 g/mol. The molecule has 1 fully saturated rings. The van der Waals surface area contributed by atoms with Crippen LogP contribution in [0.1, 0.15) is 25.0 Å². The molecule has 0 radical (unpaired) electrons. The molecule has 1 aliphatic heterocycles. The van der Waals surface area contributed by atoms with Gasteiger partial charge in [-0.3, -0.25) is 0 Å². The van der Waals surface area contributed by atoms with Gasteiger partial charge in [0.1, 0.15) is 5.75 Å². The van der Waals surface area contributed by atoms with Crippen molar-refractivity contribution in [3.63, 3.8) is 0 Å². The van der Waals surface area contributed by atoms with Crippen LogP contribution in [0, 0.1) is 13.8 Å². The lowest BCUT2D eigenvalue weighted by Crippen LogP contribution is -2.50. The Morgan fingerprint density at radius 1 is 1.00 bits per heavy atom. The quantitative estimate of drug-likeness (QED) is 0.869. The van der Waals surface area contributed by atoms with Crippen molar-refractivity contribution < 1.29 is 9.53 Å². The zero-order valence-corrected chi connectivity index (χ0v) is 16.7. The topological polar surface area (TPSA) is 44.8 Å². The van der Waals surface area contributed by atoms with E-state index in [2.05, 4.69) is 42.3 Å². The molecule has 5 nitrogen and oxygen atoms in total. The van der Waals surface area contributed by atoms with E-state index in [0.717, 1.165) is 24.5 Å². The number of benzene rings is 2. The maximum atomic E-state index is 12.6. The molecule has 1 heterocycles. The number of ether oxygens (including phenoxy) is 1. The van der Waals surface area contributed by atoms with Crippen LogP contribution in [0.2, 0.25) is 0 Å². The van der Waals surface area contributed by atoms with E-state index in [-0.39, 0.29) is 12.1 Å². The molecule has 3 rings (SSSR count). The molecule has 0 aliphatic carbocycles. The fourth-order valence-corrected chi connectivity index (χ4v) is 3.32. The third kappa shape index (κ3) is 4.73. The van der Waals surface area contributed by atoms with Gasteiger partial charge >= 0.3 is 6.03 Å². The van der Waals surface area contributed by atoms with Crippen LogP contribution in [-0.4, -0.2) is 43.2 Å². The second-order valence-corrected chi connectivity index (χ2v) is 7.31. The van der Waals surface area contributed by atoms with Crippen molar-refractivity contribution in [2.75, 3.05) is 36.4 Å². The number of hydrogen-bond donors (Lipinski definition) is 1. The van der Waals surface area contributed by atoms with Crippen molar-refractivity contribution in [3.05, 3.63) is 53.6 Å². The minimum atomic E-state index is -0.0480. The summed E-state index contributed by atoms with van der Waals surface area (Å²) in [5.41, 5.74) is 4.68. The molecule has 1 aliphatic rings. The molecule has 0 aromatic heterocycles. The zero-order valence-electron chi connectivity index (χ0n) is 16.7. The minimum Gasteiger partial charge on any atom is -0.491 e. The van der Waals surface area contributed by atoms with Gasteiger partial charge in [-0.15, -0.1) is 0 Å². The second kappa shape index (κ2) is 8.33. The van der Waals surface area contributed by atoms with Crippen LogP contribution < -0.4 is 15.0 Å². The number of urea groups is 1. The van der Waals surface area contributed by atoms with Crippen LogP contribution >= 0.6 is 0 Å². The summed E-state index contributed by atoms with van der Waals surface area (Å²) in [5, 5.41) is 2.98. The van der Waals surface area contributed by atoms with Gasteiger partial charge in [-0.2, -0.15) is 0 Å². The van der Waals surface area contributed by atoms with Crippen molar-refractivity contribution in [1.82, 2.24) is 4.90 Å². The summed E-state index contributed by atoms with van der Waals surface area (Å²) in [5.74, 6) is 0.810. The van der Waals surface area contributed by atoms with Gasteiger partial charge in [0, 0.05) is 37.6 Å². The van der Waals surface area contributed by atoms with E-state index in [1.807, 2.05) is 43.0 Å². The first-order chi connectivity index (χ1) is 12.9. The van der Waals surface area contributed by atoms with Crippen LogP contribution in [0.3, 0.4) is 0 Å². The molecule has 0 bridgehead atoms. The Kier molecular flexibility index (Phi) is 5.89. The molecular weight excluding hydrogens is 338 g/mol. The average molecular weight is 367 g/mol. The number of aryl methyl sites for hydroxylation is 1. The number of anilines is 2. The number of piperazine rings is 1. The first kappa shape index (κ1) is 19.1. The molecule has 0 atom stereocenters. The predicted molar refractivity (Wildman–Crippen MR) is 111 cm³/mol. The summed E-state index contributed by atoms with van der Waals surface area (Å²) in [6.45, 7) is 11.4. The summed E-state index contributed by atoms with van der Waals surface area (Å²) in [6.07, 6.45) is 0.138. The number of carbonyl (C=O) groups is 1. The standard InChI is InChI=1S/C22H29N3O2/c1-16(2)27-20-10-8-19(9-11-20)23-22(26)25-14-12-24(13-15-25)21-7-5-6-17(3)18(21)4/h5-11,16H,12-15H2,1-4H3,(H,23,26). The molecule has 0 spiro atoms. The third-order valence-corrected chi connectivity index (χ3v) is 4.96. The number of rotatable bonds is 4. The molecule has 2 aromatic carbocycles. The van der Waals surface area contributed by atoms with Gasteiger partial charge in [-0.25, -0.2) is 4.79 Å². The van der Waals surface area contributed by atoms with E-state index in [1.165, 1.54) is 16.8 Å². The minimum absolute atomic E-state index is 0.0480. The Balaban J connectivity index is 1.55. The summed E-state index contributed by atoms with van der Waals surface area (Å²) in [4.78, 5) is 16.8. The molecule has 0 unspecified atom stereocenters. The Hall–Kier alpha value is -2.69. The van der Waals surface area contributed by atoms with Crippen molar-refractivity contribution in [2.24, 2.45) is 0 Å². The SMILES string of the molecule is Cc1cccc(N2CCN(C(=O)Nc3ccc(OC(C)C)cc3)CC2)c1C. The van der Waals surface area contributed by atoms with Gasteiger partial charge in [0.25, 0.3) is 0 Å². The van der Waals surface area contributed by atoms with Gasteiger partial charge in [0.15, 0.2) is 0 Å². The van der Waals surface area contributed by atoms with E-state index in [1.54, 1.807) is 0 Å². The lowest BCUT2D eigenvalue weighted by molar-refractivity contribution is 0.208. The fourth-order valence-electron chi connectivity index (χ4n) is 3.32. The van der Waals surface area contributed by atoms with Gasteiger partial charge < -0.3 is 19.9 Å². The van der Waals surface area contributed by atoms with Crippen LogP contribution in [0.25, 0.3) is 0 Å². The maximum Gasteiger partial charge on any atom is 0.321 e. The first-order valence-corrected chi connectivity index (χ1v) is 9.58. The second-order valence-electron chi connectivity index (χ2n) is 7.31. The van der Waals surface area contributed by atoms with E-state index < -0.39 is 0 Å². The molecule has 2 aromatic rings. The highest BCUT2D eigenvalue weighted by atomic mass is 16.5. The van der Waals surface area contributed by atoms with Gasteiger partial charge in [-0.05, 0) is 69.2 Å². The Morgan fingerprint density at radius 3 is 2.30 bits per heavy atom. The lowest BCUT2D eigenvalue weighted by Gasteiger charge is -2.37. The molecule has 1 N–H and O–H groups in total. The normalized spacial score (nSPS) is 14.4. The van der Waals surface area contributed by atoms with Gasteiger partial charge in [0.05, 0.1) is 6.10 Å². The van der Waals surface area contributed by atoms with E-state index in [9.17, 15) is 4.79 Å². The Labute approximate surface area is 161 Å². The third-order valence-electron chi connectivity index (χ3n) is 4.96. The van der Waals surface area contributed by atoms with Gasteiger partial charge in [0.2, 0.25) is 0 Å². The summed E-state index contributed by atoms with van der Waals surface area (Å²) >= 11 is 0. The highest BCUT2D eigenvalue weighted by Crippen LogP contribution is 2.24. The van der Waals surface area contributed by atoms with E-state index >= 15 is 0 Å². The van der Waals surface area contributed by atoms with Crippen molar-refractivity contribution in [3.8, 4) is 5.75 Å². The van der Waals surface area contributed by atoms with E-state index in [4.69, 9.17) is 4.74 Å². The molecular formula is C22H29N3O2. The van der Waals surface area contributed by atoms with Crippen molar-refractivity contribution >= 4 is 17.4 Å². The predicted octanol–water partition coefficient (Wildman–Crippen LogP) is 4.44. The Bertz CT molecular complexity index is 779. The molecule has 144 valence electrons. The zero-order chi connectivity index (χ0) is 19.4. The number of carbonyl (C=O) groups excluding carboxylic acids is 1. The molecule has 5 heteroatoms. The van der Waals surface area contributed by atoms with Crippen molar-refractivity contribution in [1.29, 1.82) is 0 Å². The van der Waals surface area contributed by atoms with Crippen LogP contribution in [0.4, 0.5) is 16.2 Å². The molecule has 27 heavy (non-hydrogen) atoms. The highest BCUT2D eigenvalue weighted by Gasteiger charge is 2.22. The number of amides is 2. The molecule has 1 saturated heterocycles. The lowest BCUT2D eigenvalue weighted by atomic mass is 10.1. The van der Waals surface area contributed by atoms with Crippen LogP contribution in [0.5, 0.6) is 5.75 Å². The van der Waals surface area contributed by atoms with Crippen LogP contribution in [0.15, 0.2) is 42.5 Å². The van der Waals surface area contributed by atoms with Gasteiger partial charge in [-0.1, -0.05) is 12.1 Å². The number of nitrogens with one attached hydrogen (secondary N) is 1. The maximum absolute atomic E-state index is 12.6. The first-order valence-electron chi connectivity index (χ1n) is 9.58. The highest BCUT2D eigenvalue weighted by molar-refractivity contribution is 5.89. The largest absolute Gasteiger partial charge is 0.491 e. The molecule has 0 saturated carbocycles. The van der Waals surface area contributed by atoms with Crippen LogP contribution in [-0.2, 0) is 0 Å². The molecule has 2 amide bonds. The number of nitrogens with zero attached hydrogens (tertiary/aromatic N) is 2. The smallest absolute Gasteiger partial charge is 0.321 e. The average Bonchev–Trinajstić information content (AvgIpc) is 2.65. The Morgan fingerprint density at radius 2 is 1.67 bits per heavy atom. The summed E-state index contributed by atoms with van der Waals surface area (Å²) < 4.78 is 5.63. The summed E-state index contributed by atoms with van der Waals surface area (Å²) in [6, 6.07) is 13.9. The summed E-state index contributed by atoms with van der Waals surface area (Å²) in [7, 11) is 0. The van der Waals surface area contributed by atoms with Crippen molar-refractivity contribution in [2.45, 2.75) is 33.8 Å². The van der Waals surface area contributed by atoms with E-state index in [0.29, 0.717) is 13.1 Å². The number of hydrogen-bond acceptors (Lipinski definition) is 3. The fraction of sp³-hybridized carbons (Fsp3) is 0.409.